The maximum Gasteiger partial charge on any atom is 0.224 e. The fraction of sp³-hybridized carbons (Fsp3) is 0.643. The van der Waals surface area contributed by atoms with E-state index in [-0.39, 0.29) is 23.9 Å². The van der Waals surface area contributed by atoms with Gasteiger partial charge in [0, 0.05) is 24.5 Å². The van der Waals surface area contributed by atoms with Crippen molar-refractivity contribution < 1.29 is 4.79 Å². The highest BCUT2D eigenvalue weighted by atomic mass is 32.1. The van der Waals surface area contributed by atoms with Gasteiger partial charge >= 0.3 is 0 Å². The standard InChI is InChI=1S/C14H23N3OS/c1-10(15)13(12-6-4-8-19-12)17-7-3-5-11(9-17)14(18)16-2/h4,6,8,10-11,13H,3,5,7,9,15H2,1-2H3,(H,16,18). The van der Waals surface area contributed by atoms with Gasteiger partial charge in [0.05, 0.1) is 12.0 Å². The molecular weight excluding hydrogens is 258 g/mol. The minimum Gasteiger partial charge on any atom is -0.359 e. The van der Waals surface area contributed by atoms with E-state index in [1.165, 1.54) is 4.88 Å². The third-order valence-corrected chi connectivity index (χ3v) is 4.74. The minimum absolute atomic E-state index is 0.0714. The molecule has 1 aliphatic rings. The van der Waals surface area contributed by atoms with Gasteiger partial charge < -0.3 is 11.1 Å². The molecule has 19 heavy (non-hydrogen) atoms. The summed E-state index contributed by atoms with van der Waals surface area (Å²) in [6.45, 7) is 3.88. The molecule has 0 spiro atoms. The van der Waals surface area contributed by atoms with Crippen molar-refractivity contribution in [1.82, 2.24) is 10.2 Å². The predicted molar refractivity (Wildman–Crippen MR) is 79.1 cm³/mol. The molecule has 2 heterocycles. The van der Waals surface area contributed by atoms with Crippen molar-refractivity contribution in [2.24, 2.45) is 11.7 Å². The molecule has 1 aromatic rings. The highest BCUT2D eigenvalue weighted by molar-refractivity contribution is 7.10. The second kappa shape index (κ2) is 6.50. The number of carbonyl (C=O) groups excluding carboxylic acids is 1. The summed E-state index contributed by atoms with van der Waals surface area (Å²) < 4.78 is 0. The van der Waals surface area contributed by atoms with Gasteiger partial charge in [-0.3, -0.25) is 9.69 Å². The summed E-state index contributed by atoms with van der Waals surface area (Å²) in [6.07, 6.45) is 2.04. The quantitative estimate of drug-likeness (QED) is 0.881. The van der Waals surface area contributed by atoms with Gasteiger partial charge in [-0.1, -0.05) is 6.07 Å². The first kappa shape index (κ1) is 14.5. The molecule has 1 saturated heterocycles. The van der Waals surface area contributed by atoms with Gasteiger partial charge in [0.25, 0.3) is 0 Å². The zero-order chi connectivity index (χ0) is 13.8. The number of piperidine rings is 1. The Balaban J connectivity index is 2.12. The summed E-state index contributed by atoms with van der Waals surface area (Å²) in [6, 6.07) is 4.51. The monoisotopic (exact) mass is 281 g/mol. The number of hydrogen-bond acceptors (Lipinski definition) is 4. The molecule has 4 nitrogen and oxygen atoms in total. The van der Waals surface area contributed by atoms with E-state index in [1.807, 2.05) is 6.92 Å². The van der Waals surface area contributed by atoms with Crippen LogP contribution in [0.2, 0.25) is 0 Å². The Morgan fingerprint density at radius 1 is 1.63 bits per heavy atom. The minimum atomic E-state index is 0.0714. The SMILES string of the molecule is CNC(=O)C1CCCN(C(c2cccs2)C(C)N)C1. The van der Waals surface area contributed by atoms with Gasteiger partial charge in [-0.2, -0.15) is 0 Å². The number of nitrogens with zero attached hydrogens (tertiary/aromatic N) is 1. The molecule has 0 saturated carbocycles. The van der Waals surface area contributed by atoms with Crippen LogP contribution in [-0.2, 0) is 4.79 Å². The normalized spacial score (nSPS) is 23.8. The number of hydrogen-bond donors (Lipinski definition) is 2. The molecular formula is C14H23N3OS. The first-order chi connectivity index (χ1) is 9.13. The molecule has 1 fully saturated rings. The Hall–Kier alpha value is -0.910. The van der Waals surface area contributed by atoms with E-state index in [0.29, 0.717) is 0 Å². The lowest BCUT2D eigenvalue weighted by atomic mass is 9.94. The molecule has 5 heteroatoms. The van der Waals surface area contributed by atoms with Gasteiger partial charge in [0.1, 0.15) is 0 Å². The van der Waals surface area contributed by atoms with Crippen LogP contribution in [0.25, 0.3) is 0 Å². The van der Waals surface area contributed by atoms with Crippen molar-refractivity contribution in [3.63, 3.8) is 0 Å². The zero-order valence-corrected chi connectivity index (χ0v) is 12.5. The number of rotatable bonds is 4. The summed E-state index contributed by atoms with van der Waals surface area (Å²) in [4.78, 5) is 15.5. The van der Waals surface area contributed by atoms with Gasteiger partial charge in [-0.05, 0) is 37.8 Å². The molecule has 0 bridgehead atoms. The van der Waals surface area contributed by atoms with Crippen LogP contribution in [0, 0.1) is 5.92 Å². The lowest BCUT2D eigenvalue weighted by molar-refractivity contribution is -0.126. The summed E-state index contributed by atoms with van der Waals surface area (Å²) in [5, 5.41) is 4.85. The van der Waals surface area contributed by atoms with Crippen molar-refractivity contribution in [3.05, 3.63) is 22.4 Å². The Kier molecular flexibility index (Phi) is 4.96. The molecule has 0 aromatic carbocycles. The highest BCUT2D eigenvalue weighted by Crippen LogP contribution is 2.31. The zero-order valence-electron chi connectivity index (χ0n) is 11.6. The maximum absolute atomic E-state index is 11.8. The van der Waals surface area contributed by atoms with Crippen LogP contribution in [0.4, 0.5) is 0 Å². The molecule has 106 valence electrons. The van der Waals surface area contributed by atoms with E-state index in [2.05, 4.69) is 27.7 Å². The summed E-state index contributed by atoms with van der Waals surface area (Å²) >= 11 is 1.75. The number of thiophene rings is 1. The molecule has 3 N–H and O–H groups in total. The fourth-order valence-electron chi connectivity index (χ4n) is 2.91. The molecule has 0 radical (unpaired) electrons. The Bertz CT molecular complexity index is 405. The Morgan fingerprint density at radius 3 is 3.00 bits per heavy atom. The van der Waals surface area contributed by atoms with Crippen LogP contribution in [0.3, 0.4) is 0 Å². The maximum atomic E-state index is 11.8. The number of nitrogens with two attached hydrogens (primary N) is 1. The third kappa shape index (κ3) is 3.35. The van der Waals surface area contributed by atoms with Crippen molar-refractivity contribution in [3.8, 4) is 0 Å². The van der Waals surface area contributed by atoms with Gasteiger partial charge in [-0.15, -0.1) is 11.3 Å². The summed E-state index contributed by atoms with van der Waals surface area (Å²) in [5.41, 5.74) is 6.18. The van der Waals surface area contributed by atoms with E-state index < -0.39 is 0 Å². The lowest BCUT2D eigenvalue weighted by Gasteiger charge is -2.39. The molecule has 3 unspecified atom stereocenters. The van der Waals surface area contributed by atoms with Crippen LogP contribution in [0.5, 0.6) is 0 Å². The number of carbonyl (C=O) groups is 1. The average molecular weight is 281 g/mol. The lowest BCUT2D eigenvalue weighted by Crippen LogP contribution is -2.47. The van der Waals surface area contributed by atoms with Gasteiger partial charge in [-0.25, -0.2) is 0 Å². The van der Waals surface area contributed by atoms with E-state index in [0.717, 1.165) is 25.9 Å². The van der Waals surface area contributed by atoms with Crippen LogP contribution in [-0.4, -0.2) is 37.0 Å². The molecule has 1 amide bonds. The van der Waals surface area contributed by atoms with E-state index in [9.17, 15) is 4.79 Å². The first-order valence-corrected chi connectivity index (χ1v) is 7.76. The topological polar surface area (TPSA) is 58.4 Å². The first-order valence-electron chi connectivity index (χ1n) is 6.88. The van der Waals surface area contributed by atoms with E-state index in [4.69, 9.17) is 5.73 Å². The molecule has 0 aliphatic carbocycles. The predicted octanol–water partition coefficient (Wildman–Crippen LogP) is 1.59. The van der Waals surface area contributed by atoms with Crippen molar-refractivity contribution in [2.45, 2.75) is 31.8 Å². The Labute approximate surface area is 119 Å². The highest BCUT2D eigenvalue weighted by Gasteiger charge is 2.32. The van der Waals surface area contributed by atoms with Crippen LogP contribution in [0.1, 0.15) is 30.7 Å². The van der Waals surface area contributed by atoms with Crippen LogP contribution >= 0.6 is 11.3 Å². The molecule has 1 aliphatic heterocycles. The van der Waals surface area contributed by atoms with Crippen molar-refractivity contribution in [1.29, 1.82) is 0 Å². The van der Waals surface area contributed by atoms with Crippen LogP contribution < -0.4 is 11.1 Å². The smallest absolute Gasteiger partial charge is 0.224 e. The summed E-state index contributed by atoms with van der Waals surface area (Å²) in [5.74, 6) is 0.249. The molecule has 3 atom stereocenters. The van der Waals surface area contributed by atoms with E-state index >= 15 is 0 Å². The third-order valence-electron chi connectivity index (χ3n) is 3.80. The number of likely N-dealkylation sites (tertiary alicyclic amines) is 1. The van der Waals surface area contributed by atoms with Crippen molar-refractivity contribution in [2.75, 3.05) is 20.1 Å². The summed E-state index contributed by atoms with van der Waals surface area (Å²) in [7, 11) is 1.71. The fourth-order valence-corrected chi connectivity index (χ4v) is 3.88. The van der Waals surface area contributed by atoms with Crippen molar-refractivity contribution >= 4 is 17.2 Å². The largest absolute Gasteiger partial charge is 0.359 e. The van der Waals surface area contributed by atoms with Gasteiger partial charge in [0.15, 0.2) is 0 Å². The average Bonchev–Trinajstić information content (AvgIpc) is 2.91. The van der Waals surface area contributed by atoms with Crippen LogP contribution in [0.15, 0.2) is 17.5 Å². The Morgan fingerprint density at radius 2 is 2.42 bits per heavy atom. The molecule has 1 aromatic heterocycles. The number of amides is 1. The van der Waals surface area contributed by atoms with E-state index in [1.54, 1.807) is 18.4 Å². The molecule has 2 rings (SSSR count). The number of nitrogens with one attached hydrogen (secondary N) is 1. The second-order valence-electron chi connectivity index (χ2n) is 5.27. The second-order valence-corrected chi connectivity index (χ2v) is 6.25. The van der Waals surface area contributed by atoms with Gasteiger partial charge in [0.2, 0.25) is 5.91 Å².